The first-order valence-corrected chi connectivity index (χ1v) is 6.67. The van der Waals surface area contributed by atoms with E-state index in [9.17, 15) is 9.18 Å². The lowest BCUT2D eigenvalue weighted by Gasteiger charge is -2.13. The van der Waals surface area contributed by atoms with Gasteiger partial charge in [-0.2, -0.15) is 5.10 Å². The van der Waals surface area contributed by atoms with Gasteiger partial charge in [-0.1, -0.05) is 18.2 Å². The third kappa shape index (κ3) is 1.67. The molecule has 1 aromatic heterocycles. The minimum Gasteiger partial charge on any atom is -0.336 e. The van der Waals surface area contributed by atoms with E-state index in [2.05, 4.69) is 5.10 Å². The highest BCUT2D eigenvalue weighted by atomic mass is 19.1. The highest BCUT2D eigenvalue weighted by molar-refractivity contribution is 6.06. The molecule has 104 valence electrons. The quantitative estimate of drug-likeness (QED) is 0.635. The van der Waals surface area contributed by atoms with Crippen LogP contribution in [0, 0.1) is 5.82 Å². The molecule has 0 saturated carbocycles. The third-order valence-electron chi connectivity index (χ3n) is 3.81. The van der Waals surface area contributed by atoms with E-state index in [0.29, 0.717) is 23.1 Å². The molecule has 4 rings (SSSR count). The van der Waals surface area contributed by atoms with Crippen molar-refractivity contribution in [3.63, 3.8) is 0 Å². The van der Waals surface area contributed by atoms with E-state index in [-0.39, 0.29) is 11.7 Å². The maximum atomic E-state index is 13.5. The van der Waals surface area contributed by atoms with Crippen molar-refractivity contribution in [3.8, 4) is 5.69 Å². The van der Waals surface area contributed by atoms with E-state index >= 15 is 0 Å². The van der Waals surface area contributed by atoms with Crippen LogP contribution < -0.4 is 0 Å². The van der Waals surface area contributed by atoms with Crippen molar-refractivity contribution < 1.29 is 9.18 Å². The summed E-state index contributed by atoms with van der Waals surface area (Å²) < 4.78 is 15.2. The lowest BCUT2D eigenvalue weighted by atomic mass is 10.2. The molecule has 1 aliphatic rings. The molecule has 2 heterocycles. The number of benzene rings is 2. The van der Waals surface area contributed by atoms with Crippen LogP contribution in [0.4, 0.5) is 4.39 Å². The SMILES string of the molecule is CN1Cc2ccccc2-n2nc3ccc(F)cc3c2C1=O. The Labute approximate surface area is 120 Å². The molecule has 0 fully saturated rings. The van der Waals surface area contributed by atoms with Gasteiger partial charge >= 0.3 is 0 Å². The van der Waals surface area contributed by atoms with Crippen LogP contribution in [0.25, 0.3) is 16.6 Å². The molecule has 3 aromatic rings. The van der Waals surface area contributed by atoms with E-state index in [1.54, 1.807) is 22.7 Å². The second kappa shape index (κ2) is 4.15. The van der Waals surface area contributed by atoms with Crippen molar-refractivity contribution in [1.29, 1.82) is 0 Å². The van der Waals surface area contributed by atoms with Crippen molar-refractivity contribution in [2.45, 2.75) is 6.54 Å². The number of halogens is 1. The van der Waals surface area contributed by atoms with Gasteiger partial charge in [0.2, 0.25) is 0 Å². The van der Waals surface area contributed by atoms with Gasteiger partial charge in [-0.25, -0.2) is 9.07 Å². The van der Waals surface area contributed by atoms with Crippen LogP contribution in [0.5, 0.6) is 0 Å². The Kier molecular flexibility index (Phi) is 2.39. The average molecular weight is 281 g/mol. The standard InChI is InChI=1S/C16H12FN3O/c1-19-9-10-4-2-3-5-14(10)20-15(16(19)21)12-8-11(17)6-7-13(12)18-20/h2-8H,9H2,1H3. The van der Waals surface area contributed by atoms with Gasteiger partial charge in [0.15, 0.2) is 0 Å². The molecule has 1 amide bonds. The van der Waals surface area contributed by atoms with Gasteiger partial charge in [-0.15, -0.1) is 0 Å². The number of para-hydroxylation sites is 1. The number of hydrogen-bond donors (Lipinski definition) is 0. The number of nitrogens with zero attached hydrogens (tertiary/aromatic N) is 3. The van der Waals surface area contributed by atoms with Crippen LogP contribution in [0.3, 0.4) is 0 Å². The summed E-state index contributed by atoms with van der Waals surface area (Å²) in [4.78, 5) is 14.3. The number of fused-ring (bicyclic) bond motifs is 5. The van der Waals surface area contributed by atoms with Crippen LogP contribution >= 0.6 is 0 Å². The summed E-state index contributed by atoms with van der Waals surface area (Å²) in [5.74, 6) is -0.523. The summed E-state index contributed by atoms with van der Waals surface area (Å²) in [5, 5.41) is 5.03. The molecule has 0 atom stereocenters. The maximum Gasteiger partial charge on any atom is 0.273 e. The van der Waals surface area contributed by atoms with Gasteiger partial charge < -0.3 is 4.90 Å². The first kappa shape index (κ1) is 12.1. The Morgan fingerprint density at radius 2 is 2.00 bits per heavy atom. The van der Waals surface area contributed by atoms with E-state index in [1.165, 1.54) is 12.1 Å². The molecule has 0 N–H and O–H groups in total. The number of carbonyl (C=O) groups is 1. The molecule has 0 aliphatic carbocycles. The fourth-order valence-corrected chi connectivity index (χ4v) is 2.80. The van der Waals surface area contributed by atoms with Crippen LogP contribution in [-0.4, -0.2) is 27.6 Å². The fraction of sp³-hybridized carbons (Fsp3) is 0.125. The summed E-state index contributed by atoms with van der Waals surface area (Å²) in [5.41, 5.74) is 2.91. The topological polar surface area (TPSA) is 38.1 Å². The predicted molar refractivity (Wildman–Crippen MR) is 76.8 cm³/mol. The Bertz CT molecular complexity index is 884. The van der Waals surface area contributed by atoms with E-state index < -0.39 is 0 Å². The summed E-state index contributed by atoms with van der Waals surface area (Å²) >= 11 is 0. The van der Waals surface area contributed by atoms with Gasteiger partial charge in [0.25, 0.3) is 5.91 Å². The number of amides is 1. The molecule has 0 spiro atoms. The molecule has 0 saturated heterocycles. The predicted octanol–water partition coefficient (Wildman–Crippen LogP) is 2.75. The second-order valence-electron chi connectivity index (χ2n) is 5.21. The van der Waals surface area contributed by atoms with Crippen LogP contribution in [0.15, 0.2) is 42.5 Å². The maximum absolute atomic E-state index is 13.5. The summed E-state index contributed by atoms with van der Waals surface area (Å²) in [6, 6.07) is 12.1. The van der Waals surface area contributed by atoms with Crippen molar-refractivity contribution in [2.24, 2.45) is 0 Å². The summed E-state index contributed by atoms with van der Waals surface area (Å²) in [6.45, 7) is 0.509. The Balaban J connectivity index is 2.14. The van der Waals surface area contributed by atoms with Gasteiger partial charge in [0, 0.05) is 19.0 Å². The molecule has 21 heavy (non-hydrogen) atoms. The number of rotatable bonds is 0. The van der Waals surface area contributed by atoms with Gasteiger partial charge in [-0.05, 0) is 29.8 Å². The molecule has 0 bridgehead atoms. The van der Waals surface area contributed by atoms with Crippen LogP contribution in [0.2, 0.25) is 0 Å². The number of aromatic nitrogens is 2. The average Bonchev–Trinajstić information content (AvgIpc) is 2.80. The molecular weight excluding hydrogens is 269 g/mol. The minimum atomic E-state index is -0.369. The monoisotopic (exact) mass is 281 g/mol. The van der Waals surface area contributed by atoms with E-state index in [1.807, 2.05) is 24.3 Å². The van der Waals surface area contributed by atoms with Crippen LogP contribution in [-0.2, 0) is 6.54 Å². The van der Waals surface area contributed by atoms with E-state index in [0.717, 1.165) is 11.3 Å². The zero-order valence-electron chi connectivity index (χ0n) is 11.4. The molecule has 0 radical (unpaired) electrons. The number of hydrogen-bond acceptors (Lipinski definition) is 2. The highest BCUT2D eigenvalue weighted by Crippen LogP contribution is 2.28. The first-order valence-electron chi connectivity index (χ1n) is 6.67. The van der Waals surface area contributed by atoms with Gasteiger partial charge in [0.05, 0.1) is 11.2 Å². The van der Waals surface area contributed by atoms with Crippen molar-refractivity contribution in [2.75, 3.05) is 7.05 Å². The van der Waals surface area contributed by atoms with Crippen molar-refractivity contribution in [1.82, 2.24) is 14.7 Å². The summed E-state index contributed by atoms with van der Waals surface area (Å²) in [6.07, 6.45) is 0. The largest absolute Gasteiger partial charge is 0.336 e. The van der Waals surface area contributed by atoms with Gasteiger partial charge in [-0.3, -0.25) is 4.79 Å². The highest BCUT2D eigenvalue weighted by Gasteiger charge is 2.27. The molecule has 2 aromatic carbocycles. The smallest absolute Gasteiger partial charge is 0.273 e. The zero-order valence-corrected chi connectivity index (χ0v) is 11.4. The number of carbonyl (C=O) groups excluding carboxylic acids is 1. The Morgan fingerprint density at radius 1 is 1.19 bits per heavy atom. The minimum absolute atomic E-state index is 0.153. The van der Waals surface area contributed by atoms with Crippen molar-refractivity contribution >= 4 is 16.8 Å². The van der Waals surface area contributed by atoms with Crippen LogP contribution in [0.1, 0.15) is 16.1 Å². The molecule has 4 nitrogen and oxygen atoms in total. The zero-order chi connectivity index (χ0) is 14.6. The van der Waals surface area contributed by atoms with Crippen molar-refractivity contribution in [3.05, 3.63) is 59.5 Å². The summed E-state index contributed by atoms with van der Waals surface area (Å²) in [7, 11) is 1.74. The lowest BCUT2D eigenvalue weighted by molar-refractivity contribution is 0.0783. The molecular formula is C16H12FN3O. The van der Waals surface area contributed by atoms with E-state index in [4.69, 9.17) is 0 Å². The molecule has 5 heteroatoms. The fourth-order valence-electron chi connectivity index (χ4n) is 2.80. The van der Waals surface area contributed by atoms with Gasteiger partial charge in [0.1, 0.15) is 11.5 Å². The molecule has 1 aliphatic heterocycles. The third-order valence-corrected chi connectivity index (χ3v) is 3.81. The normalized spacial score (nSPS) is 14.0. The Hall–Kier alpha value is -2.69. The second-order valence-corrected chi connectivity index (χ2v) is 5.21. The Morgan fingerprint density at radius 3 is 2.86 bits per heavy atom. The first-order chi connectivity index (χ1) is 10.1. The molecule has 0 unspecified atom stereocenters. The lowest BCUT2D eigenvalue weighted by Crippen LogP contribution is -2.25.